The first-order valence-corrected chi connectivity index (χ1v) is 12.6. The lowest BCUT2D eigenvalue weighted by Gasteiger charge is -2.27. The number of carbonyl (C=O) groups excluding carboxylic acids is 2. The van der Waals surface area contributed by atoms with E-state index in [4.69, 9.17) is 12.2 Å². The van der Waals surface area contributed by atoms with Crippen molar-refractivity contribution >= 4 is 46.7 Å². The van der Waals surface area contributed by atoms with Crippen LogP contribution < -0.4 is 10.9 Å². The number of H-pyrrole nitrogens is 1. The van der Waals surface area contributed by atoms with E-state index in [9.17, 15) is 14.4 Å². The molecule has 7 nitrogen and oxygen atoms in total. The molecule has 3 aromatic rings. The van der Waals surface area contributed by atoms with E-state index in [0.717, 1.165) is 16.8 Å². The van der Waals surface area contributed by atoms with Crippen LogP contribution in [0.25, 0.3) is 16.6 Å². The molecule has 1 aliphatic rings. The van der Waals surface area contributed by atoms with Crippen molar-refractivity contribution in [3.8, 4) is 5.69 Å². The molecule has 0 aliphatic carbocycles. The number of amides is 2. The van der Waals surface area contributed by atoms with Crippen molar-refractivity contribution in [2.75, 3.05) is 11.6 Å². The molecule has 1 fully saturated rings. The Kier molecular flexibility index (Phi) is 6.44. The fourth-order valence-electron chi connectivity index (χ4n) is 4.03. The highest BCUT2D eigenvalue weighted by molar-refractivity contribution is 7.99. The van der Waals surface area contributed by atoms with Gasteiger partial charge in [-0.1, -0.05) is 12.1 Å². The minimum absolute atomic E-state index is 0.164. The molecule has 0 spiro atoms. The highest BCUT2D eigenvalue weighted by Crippen LogP contribution is 2.25. The number of nitrogens with zero attached hydrogens (tertiary/aromatic N) is 2. The summed E-state index contributed by atoms with van der Waals surface area (Å²) in [6, 6.07) is 10.1. The summed E-state index contributed by atoms with van der Waals surface area (Å²) in [7, 11) is 0. The first-order valence-electron chi connectivity index (χ1n) is 11.0. The van der Waals surface area contributed by atoms with Crippen LogP contribution in [-0.2, 0) is 4.79 Å². The van der Waals surface area contributed by atoms with Crippen LogP contribution >= 0.6 is 24.0 Å². The maximum atomic E-state index is 13.3. The quantitative estimate of drug-likeness (QED) is 0.533. The van der Waals surface area contributed by atoms with E-state index < -0.39 is 6.04 Å². The predicted molar refractivity (Wildman–Crippen MR) is 139 cm³/mol. The molecule has 2 N–H and O–H groups in total. The molecule has 178 valence electrons. The lowest BCUT2D eigenvalue weighted by atomic mass is 10.1. The first kappa shape index (κ1) is 24.2. The lowest BCUT2D eigenvalue weighted by molar-refractivity contribution is -0.125. The van der Waals surface area contributed by atoms with Crippen molar-refractivity contribution in [2.45, 2.75) is 46.2 Å². The van der Waals surface area contributed by atoms with Gasteiger partial charge in [0.2, 0.25) is 5.91 Å². The third kappa shape index (κ3) is 4.54. The van der Waals surface area contributed by atoms with Crippen LogP contribution in [-0.4, -0.2) is 49.5 Å². The van der Waals surface area contributed by atoms with Crippen LogP contribution in [0.2, 0.25) is 0 Å². The number of aryl methyl sites for hydroxylation is 1. The molecule has 1 aliphatic heterocycles. The van der Waals surface area contributed by atoms with Crippen LogP contribution in [0.15, 0.2) is 41.2 Å². The van der Waals surface area contributed by atoms with Gasteiger partial charge >= 0.3 is 0 Å². The minimum atomic E-state index is -0.539. The van der Waals surface area contributed by atoms with Crippen molar-refractivity contribution in [1.82, 2.24) is 19.8 Å². The Labute approximate surface area is 207 Å². The predicted octanol–water partition coefficient (Wildman–Crippen LogP) is 4.09. The maximum absolute atomic E-state index is 13.3. The number of carbonyl (C=O) groups is 2. The normalized spacial score (nSPS) is 16.1. The molecule has 34 heavy (non-hydrogen) atoms. The molecule has 1 atom stereocenters. The molecule has 0 radical (unpaired) electrons. The van der Waals surface area contributed by atoms with Gasteiger partial charge in [-0.3, -0.25) is 19.0 Å². The van der Waals surface area contributed by atoms with E-state index in [1.54, 1.807) is 34.9 Å². The molecule has 2 amide bonds. The van der Waals surface area contributed by atoms with E-state index >= 15 is 0 Å². The molecule has 1 aromatic heterocycles. The fourth-order valence-corrected chi connectivity index (χ4v) is 5.47. The summed E-state index contributed by atoms with van der Waals surface area (Å²) in [6.45, 7) is 9.68. The second-order valence-electron chi connectivity index (χ2n) is 9.58. The monoisotopic (exact) mass is 496 g/mol. The Morgan fingerprint density at radius 1 is 1.18 bits per heavy atom. The first-order chi connectivity index (χ1) is 16.0. The molecule has 0 bridgehead atoms. The third-order valence-corrected chi connectivity index (χ3v) is 7.20. The second kappa shape index (κ2) is 9.03. The number of hydrogen-bond acceptors (Lipinski definition) is 5. The standard InChI is InChI=1S/C25H28N4O3S2/c1-14-7-6-8-19(15(14)2)29-23(32)17-10-9-16(11-18(17)26-24(29)33)22(31)28-13-34-12-20(28)21(30)27-25(3,4)5/h6-11,20H,12-13H2,1-5H3,(H,26,33)(H,27,30). The summed E-state index contributed by atoms with van der Waals surface area (Å²) < 4.78 is 1.75. The molecular weight excluding hydrogens is 468 g/mol. The number of aromatic amines is 1. The smallest absolute Gasteiger partial charge is 0.266 e. The Hall–Kier alpha value is -2.91. The molecule has 1 saturated heterocycles. The molecule has 9 heteroatoms. The van der Waals surface area contributed by atoms with Crippen LogP contribution in [0.3, 0.4) is 0 Å². The van der Waals surface area contributed by atoms with Crippen molar-refractivity contribution in [1.29, 1.82) is 0 Å². The SMILES string of the molecule is Cc1cccc(-n2c(=S)[nH]c3cc(C(=O)N4CSCC4C(=O)NC(C)(C)C)ccc3c2=O)c1C. The summed E-state index contributed by atoms with van der Waals surface area (Å²) in [5.41, 5.74) is 3.03. The van der Waals surface area contributed by atoms with Crippen LogP contribution in [0, 0.1) is 18.6 Å². The van der Waals surface area contributed by atoms with E-state index in [1.165, 1.54) is 4.57 Å². The van der Waals surface area contributed by atoms with Gasteiger partial charge in [-0.05, 0) is 82.2 Å². The van der Waals surface area contributed by atoms with E-state index in [0.29, 0.717) is 28.1 Å². The van der Waals surface area contributed by atoms with E-state index in [-0.39, 0.29) is 27.7 Å². The number of hydrogen-bond donors (Lipinski definition) is 2. The molecule has 0 saturated carbocycles. The number of aromatic nitrogens is 2. The molecule has 2 aromatic carbocycles. The van der Waals surface area contributed by atoms with E-state index in [1.807, 2.05) is 52.8 Å². The summed E-state index contributed by atoms with van der Waals surface area (Å²) in [5.74, 6) is 0.564. The highest BCUT2D eigenvalue weighted by atomic mass is 32.2. The van der Waals surface area contributed by atoms with Gasteiger partial charge in [0, 0.05) is 16.9 Å². The van der Waals surface area contributed by atoms with Gasteiger partial charge < -0.3 is 15.2 Å². The van der Waals surface area contributed by atoms with Gasteiger partial charge in [0.25, 0.3) is 11.5 Å². The third-order valence-electron chi connectivity index (χ3n) is 5.91. The summed E-state index contributed by atoms with van der Waals surface area (Å²) in [4.78, 5) is 44.1. The van der Waals surface area contributed by atoms with Crippen molar-refractivity contribution in [3.63, 3.8) is 0 Å². The Morgan fingerprint density at radius 2 is 1.91 bits per heavy atom. The second-order valence-corrected chi connectivity index (χ2v) is 11.0. The number of fused-ring (bicyclic) bond motifs is 1. The van der Waals surface area contributed by atoms with Gasteiger partial charge in [-0.2, -0.15) is 0 Å². The summed E-state index contributed by atoms with van der Waals surface area (Å²) >= 11 is 7.07. The lowest BCUT2D eigenvalue weighted by Crippen LogP contribution is -2.52. The minimum Gasteiger partial charge on any atom is -0.350 e. The number of thioether (sulfide) groups is 1. The molecule has 1 unspecified atom stereocenters. The van der Waals surface area contributed by atoms with E-state index in [2.05, 4.69) is 10.3 Å². The van der Waals surface area contributed by atoms with Gasteiger partial charge in [0.1, 0.15) is 6.04 Å². The Balaban J connectivity index is 1.71. The molecule has 2 heterocycles. The number of rotatable bonds is 3. The van der Waals surface area contributed by atoms with Crippen molar-refractivity contribution < 1.29 is 9.59 Å². The Bertz CT molecular complexity index is 1420. The number of benzene rings is 2. The van der Waals surface area contributed by atoms with Crippen molar-refractivity contribution in [2.24, 2.45) is 0 Å². The zero-order valence-corrected chi connectivity index (χ0v) is 21.5. The highest BCUT2D eigenvalue weighted by Gasteiger charge is 2.36. The zero-order valence-electron chi connectivity index (χ0n) is 19.9. The number of nitrogens with one attached hydrogen (secondary N) is 2. The molecular formula is C25H28N4O3S2. The van der Waals surface area contributed by atoms with Gasteiger partial charge in [0.15, 0.2) is 4.77 Å². The average Bonchev–Trinajstić information content (AvgIpc) is 3.24. The van der Waals surface area contributed by atoms with Crippen LogP contribution in [0.5, 0.6) is 0 Å². The van der Waals surface area contributed by atoms with Gasteiger partial charge in [-0.25, -0.2) is 0 Å². The van der Waals surface area contributed by atoms with Gasteiger partial charge in [-0.15, -0.1) is 11.8 Å². The van der Waals surface area contributed by atoms with Crippen molar-refractivity contribution in [3.05, 3.63) is 68.2 Å². The fraction of sp³-hybridized carbons (Fsp3) is 0.360. The Morgan fingerprint density at radius 3 is 2.62 bits per heavy atom. The summed E-state index contributed by atoms with van der Waals surface area (Å²) in [6.07, 6.45) is 0. The van der Waals surface area contributed by atoms with Crippen LogP contribution in [0.1, 0.15) is 42.3 Å². The molecule has 4 rings (SSSR count). The zero-order chi connectivity index (χ0) is 24.8. The maximum Gasteiger partial charge on any atom is 0.266 e. The average molecular weight is 497 g/mol. The van der Waals surface area contributed by atoms with Crippen LogP contribution in [0.4, 0.5) is 0 Å². The summed E-state index contributed by atoms with van der Waals surface area (Å²) in [5, 5.41) is 3.40. The largest absolute Gasteiger partial charge is 0.350 e. The topological polar surface area (TPSA) is 87.2 Å². The van der Waals surface area contributed by atoms with Gasteiger partial charge in [0.05, 0.1) is 22.5 Å².